The summed E-state index contributed by atoms with van der Waals surface area (Å²) >= 11 is 0. The number of nitrogens with two attached hydrogens (primary N) is 1. The standard InChI is InChI=1S/C8H16NO6P/c1-3-15-8(11)6(9)4-7(10)5(2)16(12,13)14/h5-6H,3-4,9H2,1-2H3,(H2,12,13,14)/t5-,6+/m1/s1. The van der Waals surface area contributed by atoms with Crippen molar-refractivity contribution in [1.82, 2.24) is 0 Å². The minimum absolute atomic E-state index is 0.134. The van der Waals surface area contributed by atoms with Gasteiger partial charge in [0.1, 0.15) is 17.5 Å². The van der Waals surface area contributed by atoms with Crippen LogP contribution in [-0.4, -0.2) is 39.8 Å². The Kier molecular flexibility index (Phi) is 5.81. The highest BCUT2D eigenvalue weighted by atomic mass is 31.2. The minimum atomic E-state index is -4.47. The molecule has 0 spiro atoms. The number of ether oxygens (including phenoxy) is 1. The molecule has 0 radical (unpaired) electrons. The molecule has 0 aliphatic heterocycles. The summed E-state index contributed by atoms with van der Waals surface area (Å²) in [6, 6.07) is -1.18. The molecule has 0 rings (SSSR count). The Labute approximate surface area is 93.1 Å². The SMILES string of the molecule is CCOC(=O)[C@@H](N)CC(=O)[C@@H](C)P(=O)(O)O. The van der Waals surface area contributed by atoms with Crippen LogP contribution < -0.4 is 5.73 Å². The van der Waals surface area contributed by atoms with Crippen molar-refractivity contribution in [2.45, 2.75) is 32.0 Å². The molecule has 0 heterocycles. The molecular weight excluding hydrogens is 237 g/mol. The zero-order valence-electron chi connectivity index (χ0n) is 9.12. The normalized spacial score (nSPS) is 15.3. The molecule has 0 bridgehead atoms. The van der Waals surface area contributed by atoms with Crippen LogP contribution in [0.15, 0.2) is 0 Å². The monoisotopic (exact) mass is 253 g/mol. The first-order valence-corrected chi connectivity index (χ1v) is 6.38. The number of ketones is 1. The lowest BCUT2D eigenvalue weighted by atomic mass is 10.1. The van der Waals surface area contributed by atoms with E-state index in [0.29, 0.717) is 0 Å². The Balaban J connectivity index is 4.35. The zero-order valence-corrected chi connectivity index (χ0v) is 10.0. The van der Waals surface area contributed by atoms with E-state index in [0.717, 1.165) is 6.92 Å². The highest BCUT2D eigenvalue weighted by molar-refractivity contribution is 7.53. The van der Waals surface area contributed by atoms with Gasteiger partial charge in [-0.3, -0.25) is 14.2 Å². The van der Waals surface area contributed by atoms with Crippen LogP contribution in [0.5, 0.6) is 0 Å². The second kappa shape index (κ2) is 6.10. The van der Waals surface area contributed by atoms with Crippen LogP contribution in [0.1, 0.15) is 20.3 Å². The molecule has 0 amide bonds. The topological polar surface area (TPSA) is 127 Å². The van der Waals surface area contributed by atoms with E-state index in [1.54, 1.807) is 6.92 Å². The first-order valence-electron chi connectivity index (χ1n) is 4.70. The van der Waals surface area contributed by atoms with Gasteiger partial charge in [0.05, 0.1) is 6.61 Å². The summed E-state index contributed by atoms with van der Waals surface area (Å²) in [5.74, 6) is -1.51. The third-order valence-corrected chi connectivity index (χ3v) is 3.28. The molecule has 0 aliphatic rings. The maximum atomic E-state index is 11.3. The summed E-state index contributed by atoms with van der Waals surface area (Å²) in [6.07, 6.45) is -0.439. The van der Waals surface area contributed by atoms with E-state index in [1.165, 1.54) is 0 Å². The Morgan fingerprint density at radius 2 is 1.94 bits per heavy atom. The lowest BCUT2D eigenvalue weighted by molar-refractivity contribution is -0.146. The van der Waals surface area contributed by atoms with Gasteiger partial charge in [-0.15, -0.1) is 0 Å². The van der Waals surface area contributed by atoms with E-state index in [2.05, 4.69) is 4.74 Å². The summed E-state index contributed by atoms with van der Waals surface area (Å²) in [4.78, 5) is 39.9. The Bertz CT molecular complexity index is 312. The molecule has 16 heavy (non-hydrogen) atoms. The van der Waals surface area contributed by atoms with Gasteiger partial charge in [-0.2, -0.15) is 0 Å². The van der Waals surface area contributed by atoms with Crippen LogP contribution in [-0.2, 0) is 18.9 Å². The number of esters is 1. The minimum Gasteiger partial charge on any atom is -0.465 e. The smallest absolute Gasteiger partial charge is 0.335 e. The molecule has 0 saturated heterocycles. The molecular formula is C8H16NO6P. The fraction of sp³-hybridized carbons (Fsp3) is 0.750. The molecule has 0 aromatic carbocycles. The highest BCUT2D eigenvalue weighted by Crippen LogP contribution is 2.41. The van der Waals surface area contributed by atoms with Crippen LogP contribution in [0.25, 0.3) is 0 Å². The predicted molar refractivity (Wildman–Crippen MR) is 55.7 cm³/mol. The number of carbonyl (C=O) groups excluding carboxylic acids is 2. The maximum Gasteiger partial charge on any atom is 0.335 e. The Hall–Kier alpha value is -0.750. The number of carbonyl (C=O) groups is 2. The van der Waals surface area contributed by atoms with Crippen LogP contribution in [0.4, 0.5) is 0 Å². The average Bonchev–Trinajstić information content (AvgIpc) is 2.15. The van der Waals surface area contributed by atoms with Crippen LogP contribution in [0.3, 0.4) is 0 Å². The summed E-state index contributed by atoms with van der Waals surface area (Å²) in [5, 5.41) is 0. The van der Waals surface area contributed by atoms with Gasteiger partial charge in [0, 0.05) is 6.42 Å². The number of rotatable bonds is 6. The van der Waals surface area contributed by atoms with E-state index in [4.69, 9.17) is 15.5 Å². The third kappa shape index (κ3) is 4.85. The fourth-order valence-electron chi connectivity index (χ4n) is 0.908. The van der Waals surface area contributed by atoms with Crippen molar-refractivity contribution in [1.29, 1.82) is 0 Å². The number of hydrogen-bond acceptors (Lipinski definition) is 5. The van der Waals surface area contributed by atoms with Crippen molar-refractivity contribution in [3.8, 4) is 0 Å². The van der Waals surface area contributed by atoms with Gasteiger partial charge in [-0.1, -0.05) is 0 Å². The lowest BCUT2D eigenvalue weighted by Gasteiger charge is -2.14. The molecule has 0 unspecified atom stereocenters. The lowest BCUT2D eigenvalue weighted by Crippen LogP contribution is -2.36. The van der Waals surface area contributed by atoms with Gasteiger partial charge in [0.25, 0.3) is 0 Å². The van der Waals surface area contributed by atoms with Crippen molar-refractivity contribution in [2.75, 3.05) is 6.61 Å². The summed E-state index contributed by atoms with van der Waals surface area (Å²) < 4.78 is 15.3. The molecule has 0 aliphatic carbocycles. The molecule has 0 fully saturated rings. The Morgan fingerprint density at radius 1 is 1.44 bits per heavy atom. The summed E-state index contributed by atoms with van der Waals surface area (Å²) in [5.41, 5.74) is 3.89. The van der Waals surface area contributed by atoms with Crippen LogP contribution in [0.2, 0.25) is 0 Å². The van der Waals surface area contributed by atoms with E-state index >= 15 is 0 Å². The quantitative estimate of drug-likeness (QED) is 0.426. The van der Waals surface area contributed by atoms with E-state index in [-0.39, 0.29) is 6.61 Å². The highest BCUT2D eigenvalue weighted by Gasteiger charge is 2.32. The molecule has 8 heteroatoms. The molecule has 94 valence electrons. The van der Waals surface area contributed by atoms with Crippen molar-refractivity contribution >= 4 is 19.3 Å². The van der Waals surface area contributed by atoms with E-state index in [1.807, 2.05) is 0 Å². The zero-order chi connectivity index (χ0) is 12.9. The van der Waals surface area contributed by atoms with Gasteiger partial charge in [0.2, 0.25) is 0 Å². The second-order valence-electron chi connectivity index (χ2n) is 3.29. The largest absolute Gasteiger partial charge is 0.465 e. The summed E-state index contributed by atoms with van der Waals surface area (Å²) in [6.45, 7) is 2.82. The van der Waals surface area contributed by atoms with Crippen molar-refractivity contribution in [2.24, 2.45) is 5.73 Å². The van der Waals surface area contributed by atoms with E-state index < -0.39 is 37.5 Å². The number of hydrogen-bond donors (Lipinski definition) is 3. The van der Waals surface area contributed by atoms with Gasteiger partial charge in [-0.25, -0.2) is 0 Å². The molecule has 0 saturated carbocycles. The third-order valence-electron chi connectivity index (χ3n) is 1.98. The van der Waals surface area contributed by atoms with Gasteiger partial charge in [-0.05, 0) is 13.8 Å². The maximum absolute atomic E-state index is 11.3. The molecule has 4 N–H and O–H groups in total. The Morgan fingerprint density at radius 3 is 2.31 bits per heavy atom. The van der Waals surface area contributed by atoms with E-state index in [9.17, 15) is 14.2 Å². The summed E-state index contributed by atoms with van der Waals surface area (Å²) in [7, 11) is -4.47. The van der Waals surface area contributed by atoms with Crippen LogP contribution in [0, 0.1) is 0 Å². The van der Waals surface area contributed by atoms with Crippen molar-refractivity contribution in [3.63, 3.8) is 0 Å². The van der Waals surface area contributed by atoms with Gasteiger partial charge < -0.3 is 20.3 Å². The average molecular weight is 253 g/mol. The van der Waals surface area contributed by atoms with Crippen molar-refractivity contribution in [3.05, 3.63) is 0 Å². The molecule has 0 aromatic rings. The number of Topliss-reactive ketones (excluding diaryl/α,β-unsaturated/α-hetero) is 1. The van der Waals surface area contributed by atoms with Crippen LogP contribution >= 0.6 is 7.60 Å². The van der Waals surface area contributed by atoms with Crippen molar-refractivity contribution < 1.29 is 28.7 Å². The molecule has 2 atom stereocenters. The second-order valence-corrected chi connectivity index (χ2v) is 5.25. The first-order chi connectivity index (χ1) is 7.20. The fourth-order valence-corrected chi connectivity index (χ4v) is 1.39. The predicted octanol–water partition coefficient (Wildman–Crippen LogP) is -0.598. The molecule has 0 aromatic heterocycles. The van der Waals surface area contributed by atoms with Gasteiger partial charge in [0.15, 0.2) is 0 Å². The first kappa shape index (κ1) is 15.2. The molecule has 7 nitrogen and oxygen atoms in total. The van der Waals surface area contributed by atoms with Gasteiger partial charge >= 0.3 is 13.6 Å².